The smallest absolute Gasteiger partial charge is 0.410 e. The first kappa shape index (κ1) is 18.0. The Kier molecular flexibility index (Phi) is 6.07. The van der Waals surface area contributed by atoms with E-state index in [2.05, 4.69) is 20.8 Å². The number of amides is 1. The van der Waals surface area contributed by atoms with Crippen LogP contribution in [-0.4, -0.2) is 41.4 Å². The fraction of sp³-hybridized carbons (Fsp3) is 0.800. The quantitative estimate of drug-likeness (QED) is 0.802. The summed E-state index contributed by atoms with van der Waals surface area (Å²) >= 11 is 0. The zero-order valence-corrected chi connectivity index (χ0v) is 13.6. The molecule has 1 amide bonds. The van der Waals surface area contributed by atoms with Crippen molar-refractivity contribution in [2.75, 3.05) is 13.7 Å². The number of nitrogens with zero attached hydrogens (tertiary/aromatic N) is 1. The Morgan fingerprint density at radius 3 is 2.05 bits per heavy atom. The minimum absolute atomic E-state index is 0.00522. The third-order valence-corrected chi connectivity index (χ3v) is 2.68. The van der Waals surface area contributed by atoms with E-state index in [0.29, 0.717) is 0 Å². The molecule has 0 aromatic carbocycles. The fourth-order valence-corrected chi connectivity index (χ4v) is 1.71. The van der Waals surface area contributed by atoms with E-state index < -0.39 is 5.60 Å². The molecule has 0 bridgehead atoms. The van der Waals surface area contributed by atoms with Gasteiger partial charge in [-0.15, -0.1) is 0 Å². The van der Waals surface area contributed by atoms with Gasteiger partial charge in [-0.25, -0.2) is 4.79 Å². The molecule has 4 heteroatoms. The van der Waals surface area contributed by atoms with Crippen molar-refractivity contribution in [3.05, 3.63) is 11.6 Å². The predicted molar refractivity (Wildman–Crippen MR) is 78.1 cm³/mol. The molecule has 0 aliphatic heterocycles. The predicted octanol–water partition coefficient (Wildman–Crippen LogP) is 3.21. The summed E-state index contributed by atoms with van der Waals surface area (Å²) in [5.74, 6) is 0. The van der Waals surface area contributed by atoms with E-state index >= 15 is 0 Å². The molecule has 0 heterocycles. The Balaban J connectivity index is 5.13. The van der Waals surface area contributed by atoms with Crippen LogP contribution in [0.1, 0.15) is 48.5 Å². The van der Waals surface area contributed by atoms with E-state index in [0.717, 1.165) is 5.57 Å². The highest BCUT2D eigenvalue weighted by atomic mass is 16.6. The van der Waals surface area contributed by atoms with Gasteiger partial charge in [-0.05, 0) is 33.1 Å². The molecule has 0 aliphatic rings. The van der Waals surface area contributed by atoms with Crippen molar-refractivity contribution >= 4 is 6.09 Å². The minimum Gasteiger partial charge on any atom is -0.444 e. The maximum absolute atomic E-state index is 12.1. The van der Waals surface area contributed by atoms with Crippen LogP contribution in [0.2, 0.25) is 0 Å². The summed E-state index contributed by atoms with van der Waals surface area (Å²) in [7, 11) is 1.73. The van der Waals surface area contributed by atoms with E-state index in [4.69, 9.17) is 9.84 Å². The lowest BCUT2D eigenvalue weighted by atomic mass is 9.85. The van der Waals surface area contributed by atoms with Gasteiger partial charge >= 0.3 is 6.09 Å². The standard InChI is InChI=1S/C15H29NO3/c1-11(10-17)9-12(14(2,3)4)16(8)13(18)19-15(5,6)7/h9,12,17H,10H2,1-8H3/t12-/m1/s1. The Bertz CT molecular complexity index is 334. The third-order valence-electron chi connectivity index (χ3n) is 2.68. The van der Waals surface area contributed by atoms with E-state index in [1.54, 1.807) is 11.9 Å². The monoisotopic (exact) mass is 271 g/mol. The molecule has 0 saturated heterocycles. The largest absolute Gasteiger partial charge is 0.444 e. The molecule has 0 saturated carbocycles. The van der Waals surface area contributed by atoms with Crippen LogP contribution in [0.4, 0.5) is 4.79 Å². The zero-order chi connectivity index (χ0) is 15.4. The molecule has 4 nitrogen and oxygen atoms in total. The lowest BCUT2D eigenvalue weighted by Gasteiger charge is -2.37. The molecule has 1 atom stereocenters. The molecular weight excluding hydrogens is 242 g/mol. The molecule has 0 spiro atoms. The first-order chi connectivity index (χ1) is 8.38. The van der Waals surface area contributed by atoms with Crippen LogP contribution < -0.4 is 0 Å². The molecule has 0 unspecified atom stereocenters. The highest BCUT2D eigenvalue weighted by molar-refractivity contribution is 5.68. The van der Waals surface area contributed by atoms with E-state index in [1.807, 2.05) is 33.8 Å². The number of rotatable bonds is 3. The molecule has 0 radical (unpaired) electrons. The van der Waals surface area contributed by atoms with Crippen molar-refractivity contribution in [3.8, 4) is 0 Å². The number of hydrogen-bond donors (Lipinski definition) is 1. The SMILES string of the molecule is CC(=C[C@@H](N(C)C(=O)OC(C)(C)C)C(C)(C)C)CO. The average Bonchev–Trinajstić information content (AvgIpc) is 2.20. The molecule has 112 valence electrons. The van der Waals surface area contributed by atoms with Crippen LogP contribution in [0.25, 0.3) is 0 Å². The van der Waals surface area contributed by atoms with Gasteiger partial charge in [0.1, 0.15) is 5.60 Å². The summed E-state index contributed by atoms with van der Waals surface area (Å²) in [6, 6.07) is -0.130. The van der Waals surface area contributed by atoms with Gasteiger partial charge in [-0.1, -0.05) is 32.4 Å². The van der Waals surface area contributed by atoms with Crippen LogP contribution in [0.5, 0.6) is 0 Å². The Morgan fingerprint density at radius 2 is 1.74 bits per heavy atom. The van der Waals surface area contributed by atoms with Crippen molar-refractivity contribution in [1.82, 2.24) is 4.90 Å². The average molecular weight is 271 g/mol. The molecule has 0 aliphatic carbocycles. The molecule has 0 rings (SSSR count). The van der Waals surface area contributed by atoms with Crippen LogP contribution in [-0.2, 0) is 4.74 Å². The van der Waals surface area contributed by atoms with Crippen LogP contribution in [0.3, 0.4) is 0 Å². The van der Waals surface area contributed by atoms with Gasteiger partial charge in [0.05, 0.1) is 12.6 Å². The number of carbonyl (C=O) groups excluding carboxylic acids is 1. The lowest BCUT2D eigenvalue weighted by molar-refractivity contribution is 0.0164. The highest BCUT2D eigenvalue weighted by Gasteiger charge is 2.31. The second kappa shape index (κ2) is 6.42. The second-order valence-electron chi connectivity index (χ2n) is 7.07. The van der Waals surface area contributed by atoms with E-state index in [1.165, 1.54) is 0 Å². The van der Waals surface area contributed by atoms with Gasteiger partial charge in [0.15, 0.2) is 0 Å². The number of aliphatic hydroxyl groups is 1. The Labute approximate surface area is 117 Å². The first-order valence-electron chi connectivity index (χ1n) is 6.62. The third kappa shape index (κ3) is 6.62. The number of aliphatic hydroxyl groups excluding tert-OH is 1. The molecule has 0 aromatic heterocycles. The Hall–Kier alpha value is -1.03. The summed E-state index contributed by atoms with van der Waals surface area (Å²) in [5, 5.41) is 9.15. The van der Waals surface area contributed by atoms with E-state index in [-0.39, 0.29) is 24.2 Å². The lowest BCUT2D eigenvalue weighted by Crippen LogP contribution is -2.46. The van der Waals surface area contributed by atoms with Gasteiger partial charge < -0.3 is 14.7 Å². The molecule has 19 heavy (non-hydrogen) atoms. The number of ether oxygens (including phenoxy) is 1. The maximum atomic E-state index is 12.1. The molecule has 0 fully saturated rings. The summed E-state index contributed by atoms with van der Waals surface area (Å²) in [6.45, 7) is 13.6. The van der Waals surface area contributed by atoms with Gasteiger partial charge in [0.2, 0.25) is 0 Å². The summed E-state index contributed by atoms with van der Waals surface area (Å²) < 4.78 is 5.39. The maximum Gasteiger partial charge on any atom is 0.410 e. The van der Waals surface area contributed by atoms with Gasteiger partial charge in [0, 0.05) is 7.05 Å². The van der Waals surface area contributed by atoms with Crippen LogP contribution in [0.15, 0.2) is 11.6 Å². The van der Waals surface area contributed by atoms with Gasteiger partial charge in [-0.2, -0.15) is 0 Å². The summed E-state index contributed by atoms with van der Waals surface area (Å²) in [5.41, 5.74) is 0.196. The second-order valence-corrected chi connectivity index (χ2v) is 7.07. The number of likely N-dealkylation sites (N-methyl/N-ethyl adjacent to an activating group) is 1. The van der Waals surface area contributed by atoms with Crippen molar-refractivity contribution in [1.29, 1.82) is 0 Å². The normalized spacial score (nSPS) is 15.1. The summed E-state index contributed by atoms with van der Waals surface area (Å²) in [6.07, 6.45) is 1.57. The van der Waals surface area contributed by atoms with Crippen molar-refractivity contribution in [3.63, 3.8) is 0 Å². The minimum atomic E-state index is -0.510. The number of hydrogen-bond acceptors (Lipinski definition) is 3. The van der Waals surface area contributed by atoms with Crippen molar-refractivity contribution in [2.45, 2.75) is 60.1 Å². The zero-order valence-electron chi connectivity index (χ0n) is 13.6. The van der Waals surface area contributed by atoms with Gasteiger partial charge in [0.25, 0.3) is 0 Å². The topological polar surface area (TPSA) is 49.8 Å². The van der Waals surface area contributed by atoms with Crippen molar-refractivity contribution < 1.29 is 14.6 Å². The molecular formula is C15H29NO3. The van der Waals surface area contributed by atoms with Crippen molar-refractivity contribution in [2.24, 2.45) is 5.41 Å². The number of carbonyl (C=O) groups is 1. The molecule has 0 aromatic rings. The van der Waals surface area contributed by atoms with Crippen LogP contribution in [0, 0.1) is 5.41 Å². The highest BCUT2D eigenvalue weighted by Crippen LogP contribution is 2.27. The van der Waals surface area contributed by atoms with Gasteiger partial charge in [-0.3, -0.25) is 0 Å². The van der Waals surface area contributed by atoms with E-state index in [9.17, 15) is 4.79 Å². The fourth-order valence-electron chi connectivity index (χ4n) is 1.71. The first-order valence-corrected chi connectivity index (χ1v) is 6.62. The Morgan fingerprint density at radius 1 is 1.26 bits per heavy atom. The molecule has 1 N–H and O–H groups in total. The van der Waals surface area contributed by atoms with Crippen LogP contribution >= 0.6 is 0 Å². The summed E-state index contributed by atoms with van der Waals surface area (Å²) in [4.78, 5) is 13.7.